The summed E-state index contributed by atoms with van der Waals surface area (Å²) in [4.78, 5) is 18.9. The minimum atomic E-state index is -0.342. The highest BCUT2D eigenvalue weighted by Crippen LogP contribution is 2.35. The largest absolute Gasteiger partial charge is 0.493 e. The average Bonchev–Trinajstić information content (AvgIpc) is 3.15. The number of ether oxygens (including phenoxy) is 2. The summed E-state index contributed by atoms with van der Waals surface area (Å²) in [5, 5.41) is 13.7. The monoisotopic (exact) mass is 454 g/mol. The predicted molar refractivity (Wildman–Crippen MR) is 127 cm³/mol. The number of nitrogens with one attached hydrogen (secondary N) is 1. The van der Waals surface area contributed by atoms with Gasteiger partial charge < -0.3 is 14.5 Å². The van der Waals surface area contributed by atoms with Gasteiger partial charge in [-0.15, -0.1) is 5.10 Å². The van der Waals surface area contributed by atoms with E-state index in [4.69, 9.17) is 9.47 Å². The van der Waals surface area contributed by atoms with E-state index < -0.39 is 0 Å². The van der Waals surface area contributed by atoms with Crippen LogP contribution in [0.2, 0.25) is 0 Å². The maximum atomic E-state index is 13.5. The number of hydrogen-bond acceptors (Lipinski definition) is 7. The first-order chi connectivity index (χ1) is 15.9. The molecule has 0 saturated carbocycles. The van der Waals surface area contributed by atoms with Gasteiger partial charge in [-0.2, -0.15) is 0 Å². The van der Waals surface area contributed by atoms with Crippen LogP contribution in [-0.2, 0) is 5.54 Å². The number of hydrogen-bond donors (Lipinski definition) is 1. The van der Waals surface area contributed by atoms with Crippen LogP contribution in [0.3, 0.4) is 0 Å². The topological polar surface area (TPSA) is 98.2 Å². The van der Waals surface area contributed by atoms with Crippen molar-refractivity contribution in [3.63, 3.8) is 0 Å². The number of methoxy groups -OCH3 is 2. The molecule has 0 spiro atoms. The fourth-order valence-corrected chi connectivity index (χ4v) is 4.55. The number of benzene rings is 1. The number of tetrazole rings is 1. The van der Waals surface area contributed by atoms with Crippen molar-refractivity contribution >= 4 is 10.9 Å². The third-order valence-corrected chi connectivity index (χ3v) is 6.85. The van der Waals surface area contributed by atoms with Crippen molar-refractivity contribution in [3.05, 3.63) is 39.9 Å². The molecular formula is C24H34N6O3. The van der Waals surface area contributed by atoms with Crippen LogP contribution in [-0.4, -0.2) is 57.4 Å². The van der Waals surface area contributed by atoms with Gasteiger partial charge in [0.2, 0.25) is 0 Å². The second-order valence-electron chi connectivity index (χ2n) is 9.32. The summed E-state index contributed by atoms with van der Waals surface area (Å²) in [5.74, 6) is 1.89. The lowest BCUT2D eigenvalue weighted by molar-refractivity contribution is 0.202. The molecule has 0 aliphatic carbocycles. The number of nitrogens with zero attached hydrogens (tertiary/aromatic N) is 5. The zero-order valence-corrected chi connectivity index (χ0v) is 20.2. The van der Waals surface area contributed by atoms with Gasteiger partial charge in [0, 0.05) is 17.0 Å². The molecule has 1 fully saturated rings. The molecule has 0 radical (unpaired) electrons. The second-order valence-corrected chi connectivity index (χ2v) is 9.32. The van der Waals surface area contributed by atoms with Gasteiger partial charge in [-0.3, -0.25) is 9.69 Å². The van der Waals surface area contributed by atoms with Crippen LogP contribution in [0.4, 0.5) is 0 Å². The van der Waals surface area contributed by atoms with E-state index in [0.717, 1.165) is 37.7 Å². The van der Waals surface area contributed by atoms with Crippen LogP contribution in [0, 0.1) is 0 Å². The van der Waals surface area contributed by atoms with Gasteiger partial charge in [0.1, 0.15) is 6.04 Å². The van der Waals surface area contributed by atoms with Gasteiger partial charge in [0.15, 0.2) is 17.3 Å². The van der Waals surface area contributed by atoms with Crippen molar-refractivity contribution in [3.8, 4) is 11.5 Å². The maximum Gasteiger partial charge on any atom is 0.253 e. The molecule has 33 heavy (non-hydrogen) atoms. The molecule has 0 amide bonds. The fraction of sp³-hybridized carbons (Fsp3) is 0.583. The van der Waals surface area contributed by atoms with Gasteiger partial charge in [-0.1, -0.05) is 19.8 Å². The maximum absolute atomic E-state index is 13.5. The number of rotatable bonds is 7. The summed E-state index contributed by atoms with van der Waals surface area (Å²) in [6.07, 6.45) is 5.43. The average molecular weight is 455 g/mol. The molecule has 9 nitrogen and oxygen atoms in total. The Labute approximate surface area is 194 Å². The first-order valence-electron chi connectivity index (χ1n) is 11.7. The van der Waals surface area contributed by atoms with Gasteiger partial charge in [0.25, 0.3) is 5.56 Å². The Bertz CT molecular complexity index is 1160. The lowest BCUT2D eigenvalue weighted by Gasteiger charge is -2.32. The number of H-pyrrole nitrogens is 1. The van der Waals surface area contributed by atoms with E-state index in [-0.39, 0.29) is 17.1 Å². The molecule has 3 aromatic rings. The zero-order chi connectivity index (χ0) is 23.6. The standard InChI is InChI=1S/C24H34N6O3/c1-6-24(2,3)30-22(26-27-28-30)21(29-11-9-7-8-10-12-29)17-13-16-14-19(32-4)20(33-5)15-18(16)25-23(17)31/h13-15,21H,6-12H2,1-5H3,(H,25,31)/t21-/m0/s1. The SMILES string of the molecule is CCC(C)(C)n1nnnc1[C@H](c1cc2cc(OC)c(OC)cc2[nH]c1=O)N1CCCCCC1. The molecule has 3 heterocycles. The Morgan fingerprint density at radius 2 is 1.73 bits per heavy atom. The number of fused-ring (bicyclic) bond motifs is 1. The second kappa shape index (κ2) is 9.51. The first-order valence-corrected chi connectivity index (χ1v) is 11.7. The molecule has 1 aliphatic rings. The molecule has 0 bridgehead atoms. The molecule has 1 atom stereocenters. The van der Waals surface area contributed by atoms with Crippen LogP contribution in [0.15, 0.2) is 23.0 Å². The van der Waals surface area contributed by atoms with E-state index in [2.05, 4.69) is 46.2 Å². The van der Waals surface area contributed by atoms with Crippen LogP contribution in [0.1, 0.15) is 70.3 Å². The number of aromatic amines is 1. The highest BCUT2D eigenvalue weighted by molar-refractivity contribution is 5.83. The molecule has 1 N–H and O–H groups in total. The molecule has 178 valence electrons. The molecule has 0 unspecified atom stereocenters. The number of aromatic nitrogens is 5. The Balaban J connectivity index is 1.92. The molecule has 1 saturated heterocycles. The normalized spacial score (nSPS) is 16.5. The quantitative estimate of drug-likeness (QED) is 0.582. The molecule has 1 aromatic carbocycles. The Hall–Kier alpha value is -2.94. The zero-order valence-electron chi connectivity index (χ0n) is 20.2. The summed E-state index contributed by atoms with van der Waals surface area (Å²) in [6, 6.07) is 5.30. The minimum Gasteiger partial charge on any atom is -0.493 e. The van der Waals surface area contributed by atoms with Crippen molar-refractivity contribution in [1.82, 2.24) is 30.1 Å². The minimum absolute atomic E-state index is 0.146. The van der Waals surface area contributed by atoms with Gasteiger partial charge >= 0.3 is 0 Å². The Morgan fingerprint density at radius 3 is 2.36 bits per heavy atom. The molecule has 4 rings (SSSR count). The van der Waals surface area contributed by atoms with Crippen LogP contribution < -0.4 is 15.0 Å². The van der Waals surface area contributed by atoms with Gasteiger partial charge in [-0.25, -0.2) is 4.68 Å². The lowest BCUT2D eigenvalue weighted by atomic mass is 9.99. The van der Waals surface area contributed by atoms with E-state index >= 15 is 0 Å². The summed E-state index contributed by atoms with van der Waals surface area (Å²) in [5.41, 5.74) is 0.917. The van der Waals surface area contributed by atoms with Gasteiger partial charge in [0.05, 0.1) is 25.3 Å². The number of likely N-dealkylation sites (tertiary alicyclic amines) is 1. The van der Waals surface area contributed by atoms with Crippen LogP contribution in [0.5, 0.6) is 11.5 Å². The molecule has 1 aliphatic heterocycles. The molecular weight excluding hydrogens is 420 g/mol. The third-order valence-electron chi connectivity index (χ3n) is 6.85. The van der Waals surface area contributed by atoms with E-state index in [0.29, 0.717) is 28.4 Å². The van der Waals surface area contributed by atoms with Crippen molar-refractivity contribution in [2.45, 2.75) is 64.5 Å². The van der Waals surface area contributed by atoms with Crippen molar-refractivity contribution in [2.24, 2.45) is 0 Å². The summed E-state index contributed by atoms with van der Waals surface area (Å²) >= 11 is 0. The van der Waals surface area contributed by atoms with Crippen molar-refractivity contribution in [2.75, 3.05) is 27.3 Å². The molecule has 2 aromatic heterocycles. The highest BCUT2D eigenvalue weighted by atomic mass is 16.5. The smallest absolute Gasteiger partial charge is 0.253 e. The third kappa shape index (κ3) is 4.46. The summed E-state index contributed by atoms with van der Waals surface area (Å²) in [6.45, 7) is 8.15. The van der Waals surface area contributed by atoms with Crippen LogP contribution in [0.25, 0.3) is 10.9 Å². The number of pyridine rings is 1. The van der Waals surface area contributed by atoms with E-state index in [9.17, 15) is 4.79 Å². The van der Waals surface area contributed by atoms with Crippen LogP contribution >= 0.6 is 0 Å². The van der Waals surface area contributed by atoms with Gasteiger partial charge in [-0.05, 0) is 68.8 Å². The first kappa shape index (κ1) is 23.2. The predicted octanol–water partition coefficient (Wildman–Crippen LogP) is 3.64. The Kier molecular flexibility index (Phi) is 6.69. The lowest BCUT2D eigenvalue weighted by Crippen LogP contribution is -2.38. The van der Waals surface area contributed by atoms with Crippen molar-refractivity contribution < 1.29 is 9.47 Å². The highest BCUT2D eigenvalue weighted by Gasteiger charge is 2.34. The fourth-order valence-electron chi connectivity index (χ4n) is 4.55. The summed E-state index contributed by atoms with van der Waals surface area (Å²) < 4.78 is 12.8. The summed E-state index contributed by atoms with van der Waals surface area (Å²) in [7, 11) is 3.19. The van der Waals surface area contributed by atoms with E-state index in [1.807, 2.05) is 16.8 Å². The Morgan fingerprint density at radius 1 is 1.06 bits per heavy atom. The van der Waals surface area contributed by atoms with E-state index in [1.165, 1.54) is 12.8 Å². The molecule has 9 heteroatoms. The van der Waals surface area contributed by atoms with E-state index in [1.54, 1.807) is 20.3 Å². The van der Waals surface area contributed by atoms with Crippen molar-refractivity contribution in [1.29, 1.82) is 0 Å².